The van der Waals surface area contributed by atoms with Crippen LogP contribution in [0, 0.1) is 0 Å². The number of hydrogen-bond acceptors (Lipinski definition) is 9. The third kappa shape index (κ3) is 6.25. The van der Waals surface area contributed by atoms with Gasteiger partial charge in [-0.25, -0.2) is 15.0 Å². The predicted molar refractivity (Wildman–Crippen MR) is 146 cm³/mol. The molecule has 2 saturated heterocycles. The third-order valence-electron chi connectivity index (χ3n) is 6.51. The van der Waals surface area contributed by atoms with Crippen molar-refractivity contribution in [3.05, 3.63) is 57.8 Å². The summed E-state index contributed by atoms with van der Waals surface area (Å²) >= 11 is 4.96. The zero-order valence-electron chi connectivity index (χ0n) is 20.5. The Morgan fingerprint density at radius 1 is 1.08 bits per heavy atom. The van der Waals surface area contributed by atoms with Crippen molar-refractivity contribution in [2.24, 2.45) is 0 Å². The van der Waals surface area contributed by atoms with E-state index in [1.54, 1.807) is 42.0 Å². The number of likely N-dealkylation sites (N-methyl/N-ethyl adjacent to an activating group) is 1. The number of amides is 2. The predicted octanol–water partition coefficient (Wildman–Crippen LogP) is 3.38. The van der Waals surface area contributed by atoms with Gasteiger partial charge in [-0.2, -0.15) is 0 Å². The van der Waals surface area contributed by atoms with E-state index < -0.39 is 0 Å². The van der Waals surface area contributed by atoms with Crippen LogP contribution < -0.4 is 15.0 Å². The monoisotopic (exact) mass is 585 g/mol. The molecule has 37 heavy (non-hydrogen) atoms. The molecule has 0 bridgehead atoms. The van der Waals surface area contributed by atoms with Gasteiger partial charge in [-0.05, 0) is 47.2 Å². The number of halogens is 1. The van der Waals surface area contributed by atoms with Gasteiger partial charge in [0.2, 0.25) is 0 Å². The van der Waals surface area contributed by atoms with E-state index in [4.69, 9.17) is 4.74 Å². The van der Waals surface area contributed by atoms with E-state index in [0.717, 1.165) is 44.2 Å². The van der Waals surface area contributed by atoms with E-state index in [2.05, 4.69) is 53.0 Å². The smallest absolute Gasteiger partial charge is 0.316 e. The second kappa shape index (κ2) is 11.5. The molecule has 5 rings (SSSR count). The highest BCUT2D eigenvalue weighted by Crippen LogP contribution is 2.28. The molecular formula is C25H28BrN7O3S. The molecule has 0 spiro atoms. The maximum absolute atomic E-state index is 12.9. The summed E-state index contributed by atoms with van der Waals surface area (Å²) in [5.74, 6) is -0.290. The zero-order chi connectivity index (χ0) is 25.8. The number of aromatic nitrogens is 3. The van der Waals surface area contributed by atoms with Gasteiger partial charge in [0.05, 0.1) is 5.69 Å². The lowest BCUT2D eigenvalue weighted by Crippen LogP contribution is -2.47. The number of carbonyl (C=O) groups is 2. The zero-order valence-corrected chi connectivity index (χ0v) is 22.9. The van der Waals surface area contributed by atoms with Crippen LogP contribution in [0.4, 0.5) is 10.8 Å². The Hall–Kier alpha value is -3.09. The minimum Gasteiger partial charge on any atom is -0.460 e. The van der Waals surface area contributed by atoms with Crippen molar-refractivity contribution in [2.75, 3.05) is 56.5 Å². The first kappa shape index (κ1) is 25.6. The second-order valence-corrected chi connectivity index (χ2v) is 10.8. The number of nitrogens with one attached hydrogen (secondary N) is 1. The Balaban J connectivity index is 1.15. The summed E-state index contributed by atoms with van der Waals surface area (Å²) in [5.41, 5.74) is 1.55. The van der Waals surface area contributed by atoms with Crippen LogP contribution in [0.1, 0.15) is 33.7 Å². The molecule has 0 atom stereocenters. The van der Waals surface area contributed by atoms with Crippen LogP contribution in [0.3, 0.4) is 0 Å². The Labute approximate surface area is 227 Å². The largest absolute Gasteiger partial charge is 0.460 e. The first-order chi connectivity index (χ1) is 18.0. The normalized spacial score (nSPS) is 17.0. The number of ether oxygens (including phenoxy) is 1. The number of rotatable bonds is 6. The van der Waals surface area contributed by atoms with E-state index in [-0.39, 0.29) is 17.9 Å². The highest BCUT2D eigenvalue weighted by atomic mass is 79.9. The molecule has 10 nitrogen and oxygen atoms in total. The minimum atomic E-state index is -0.291. The number of piperidine rings is 1. The quantitative estimate of drug-likeness (QED) is 0.469. The molecule has 1 N–H and O–H groups in total. The Kier molecular flexibility index (Phi) is 7.96. The van der Waals surface area contributed by atoms with Crippen LogP contribution >= 0.6 is 27.3 Å². The van der Waals surface area contributed by atoms with Gasteiger partial charge in [-0.1, -0.05) is 0 Å². The second-order valence-electron chi connectivity index (χ2n) is 9.10. The van der Waals surface area contributed by atoms with Crippen molar-refractivity contribution in [2.45, 2.75) is 18.9 Å². The van der Waals surface area contributed by atoms with Gasteiger partial charge in [-0.15, -0.1) is 11.3 Å². The van der Waals surface area contributed by atoms with Crippen LogP contribution in [0.2, 0.25) is 0 Å². The number of piperazine rings is 1. The van der Waals surface area contributed by atoms with Crippen molar-refractivity contribution in [1.29, 1.82) is 0 Å². The summed E-state index contributed by atoms with van der Waals surface area (Å²) in [5, 5.41) is 5.48. The van der Waals surface area contributed by atoms with Gasteiger partial charge < -0.3 is 24.8 Å². The summed E-state index contributed by atoms with van der Waals surface area (Å²) in [6.45, 7) is 4.71. The molecule has 12 heteroatoms. The first-order valence-electron chi connectivity index (χ1n) is 12.2. The summed E-state index contributed by atoms with van der Waals surface area (Å²) in [6.07, 6.45) is 5.04. The fourth-order valence-electron chi connectivity index (χ4n) is 4.30. The van der Waals surface area contributed by atoms with Crippen molar-refractivity contribution in [3.8, 4) is 6.01 Å². The van der Waals surface area contributed by atoms with E-state index >= 15 is 0 Å². The Bertz CT molecular complexity index is 1240. The maximum Gasteiger partial charge on any atom is 0.316 e. The molecule has 2 fully saturated rings. The lowest BCUT2D eigenvalue weighted by Gasteiger charge is -2.32. The van der Waals surface area contributed by atoms with Crippen molar-refractivity contribution in [1.82, 2.24) is 24.8 Å². The number of nitrogens with zero attached hydrogens (tertiary/aromatic N) is 6. The van der Waals surface area contributed by atoms with Gasteiger partial charge in [0, 0.05) is 79.9 Å². The lowest BCUT2D eigenvalue weighted by atomic mass is 10.1. The average Bonchev–Trinajstić information content (AvgIpc) is 3.41. The molecule has 2 aliphatic heterocycles. The van der Waals surface area contributed by atoms with Gasteiger partial charge in [-0.3, -0.25) is 9.59 Å². The van der Waals surface area contributed by atoms with E-state index in [0.29, 0.717) is 40.5 Å². The van der Waals surface area contributed by atoms with E-state index in [9.17, 15) is 9.59 Å². The number of thiazole rings is 1. The summed E-state index contributed by atoms with van der Waals surface area (Å²) in [4.78, 5) is 44.8. The molecule has 3 aromatic rings. The highest BCUT2D eigenvalue weighted by Gasteiger charge is 2.25. The van der Waals surface area contributed by atoms with Crippen LogP contribution in [-0.2, 0) is 0 Å². The molecule has 4 heterocycles. The van der Waals surface area contributed by atoms with Crippen molar-refractivity contribution >= 4 is 49.9 Å². The summed E-state index contributed by atoms with van der Waals surface area (Å²) in [7, 11) is 2.06. The van der Waals surface area contributed by atoms with Crippen LogP contribution in [0.25, 0.3) is 0 Å². The Morgan fingerprint density at radius 3 is 2.51 bits per heavy atom. The fraction of sp³-hybridized carbons (Fsp3) is 0.400. The fourth-order valence-corrected chi connectivity index (χ4v) is 5.64. The first-order valence-corrected chi connectivity index (χ1v) is 13.9. The van der Waals surface area contributed by atoms with E-state index in [1.165, 1.54) is 11.3 Å². The van der Waals surface area contributed by atoms with Gasteiger partial charge in [0.25, 0.3) is 11.8 Å². The minimum absolute atomic E-state index is 0.00119. The van der Waals surface area contributed by atoms with Gasteiger partial charge >= 0.3 is 6.01 Å². The molecule has 0 radical (unpaired) electrons. The van der Waals surface area contributed by atoms with Gasteiger partial charge in [0.1, 0.15) is 11.8 Å². The molecule has 2 aromatic heterocycles. The lowest BCUT2D eigenvalue weighted by molar-refractivity contribution is 0.0664. The van der Waals surface area contributed by atoms with E-state index in [1.807, 2.05) is 4.90 Å². The number of anilines is 2. The molecule has 0 unspecified atom stereocenters. The van der Waals surface area contributed by atoms with Crippen LogP contribution in [-0.4, -0.2) is 89.0 Å². The average molecular weight is 587 g/mol. The highest BCUT2D eigenvalue weighted by molar-refractivity contribution is 9.10. The number of carbonyl (C=O) groups excluding carboxylic acids is 2. The van der Waals surface area contributed by atoms with Crippen molar-refractivity contribution in [3.63, 3.8) is 0 Å². The summed E-state index contributed by atoms with van der Waals surface area (Å²) in [6, 6.07) is 7.42. The molecule has 2 amide bonds. The molecule has 2 aliphatic rings. The standard InChI is InChI=1S/C25H28BrN7O3S/c1-31-11-13-32(14-12-31)23(35)17-3-4-20(19(26)15-17)29-22(34)21-16-37-25(30-21)33-9-5-18(6-10-33)36-24-27-7-2-8-28-24/h2-4,7-8,15-16,18H,5-6,9-14H2,1H3,(H,29,34). The summed E-state index contributed by atoms with van der Waals surface area (Å²) < 4.78 is 6.52. The van der Waals surface area contributed by atoms with Crippen molar-refractivity contribution < 1.29 is 14.3 Å². The number of benzene rings is 1. The maximum atomic E-state index is 12.9. The van der Waals surface area contributed by atoms with Crippen LogP contribution in [0.15, 0.2) is 46.5 Å². The molecule has 0 saturated carbocycles. The SMILES string of the molecule is CN1CCN(C(=O)c2ccc(NC(=O)c3csc(N4CCC(Oc5ncccn5)CC4)n3)c(Br)c2)CC1. The third-order valence-corrected chi connectivity index (χ3v) is 8.06. The molecule has 194 valence electrons. The van der Waals surface area contributed by atoms with Gasteiger partial charge in [0.15, 0.2) is 5.13 Å². The Morgan fingerprint density at radius 2 is 1.81 bits per heavy atom. The topological polar surface area (TPSA) is 104 Å². The van der Waals surface area contributed by atoms with Crippen LogP contribution in [0.5, 0.6) is 6.01 Å². The molecular weight excluding hydrogens is 558 g/mol. The molecule has 0 aliphatic carbocycles. The number of hydrogen-bond donors (Lipinski definition) is 1. The molecule has 1 aromatic carbocycles.